The lowest BCUT2D eigenvalue weighted by Gasteiger charge is -2.35. The Morgan fingerprint density at radius 2 is 2.11 bits per heavy atom. The van der Waals surface area contributed by atoms with Crippen LogP contribution in [0.4, 0.5) is 20.3 Å². The van der Waals surface area contributed by atoms with E-state index in [4.69, 9.17) is 0 Å². The molecule has 2 aromatic heterocycles. The van der Waals surface area contributed by atoms with E-state index < -0.39 is 6.61 Å². The lowest BCUT2D eigenvalue weighted by atomic mass is 10.0. The number of nitrogens with zero attached hydrogens (tertiary/aromatic N) is 5. The average Bonchev–Trinajstić information content (AvgIpc) is 3.17. The Morgan fingerprint density at radius 3 is 2.86 bits per heavy atom. The molecule has 28 heavy (non-hydrogen) atoms. The predicted octanol–water partition coefficient (Wildman–Crippen LogP) is 3.37. The zero-order valence-corrected chi connectivity index (χ0v) is 15.6. The van der Waals surface area contributed by atoms with E-state index in [-0.39, 0.29) is 11.8 Å². The minimum absolute atomic E-state index is 0.169. The van der Waals surface area contributed by atoms with Gasteiger partial charge < -0.3 is 15.0 Å². The van der Waals surface area contributed by atoms with Gasteiger partial charge in [-0.1, -0.05) is 6.92 Å². The fourth-order valence-electron chi connectivity index (χ4n) is 3.52. The molecule has 0 amide bonds. The minimum Gasteiger partial charge on any atom is -0.435 e. The summed E-state index contributed by atoms with van der Waals surface area (Å²) >= 11 is 0. The maximum atomic E-state index is 12.3. The van der Waals surface area contributed by atoms with Crippen LogP contribution in [0, 0.1) is 0 Å². The Hall–Kier alpha value is -2.97. The first-order valence-electron chi connectivity index (χ1n) is 9.38. The molecule has 0 radical (unpaired) electrons. The molecule has 9 heteroatoms. The summed E-state index contributed by atoms with van der Waals surface area (Å²) in [7, 11) is 0. The van der Waals surface area contributed by atoms with Crippen LogP contribution in [0.1, 0.15) is 25.5 Å². The highest BCUT2D eigenvalue weighted by Crippen LogP contribution is 2.25. The monoisotopic (exact) mass is 388 g/mol. The van der Waals surface area contributed by atoms with Crippen LogP contribution in [0.5, 0.6) is 5.75 Å². The van der Waals surface area contributed by atoms with Crippen molar-refractivity contribution in [2.45, 2.75) is 38.8 Å². The van der Waals surface area contributed by atoms with Crippen LogP contribution in [-0.2, 0) is 6.42 Å². The van der Waals surface area contributed by atoms with E-state index in [1.165, 1.54) is 6.33 Å². The van der Waals surface area contributed by atoms with E-state index in [0.29, 0.717) is 5.78 Å². The minimum atomic E-state index is -2.81. The van der Waals surface area contributed by atoms with Crippen LogP contribution in [0.2, 0.25) is 0 Å². The predicted molar refractivity (Wildman–Crippen MR) is 102 cm³/mol. The molecule has 0 aliphatic carbocycles. The number of piperidine rings is 1. The van der Waals surface area contributed by atoms with Crippen LogP contribution in [0.3, 0.4) is 0 Å². The lowest BCUT2D eigenvalue weighted by molar-refractivity contribution is -0.0498. The van der Waals surface area contributed by atoms with Gasteiger partial charge in [-0.05, 0) is 43.5 Å². The normalized spacial score (nSPS) is 17.3. The Morgan fingerprint density at radius 1 is 1.29 bits per heavy atom. The molecule has 0 saturated carbocycles. The van der Waals surface area contributed by atoms with Gasteiger partial charge in [-0.2, -0.15) is 23.4 Å². The summed E-state index contributed by atoms with van der Waals surface area (Å²) < 4.78 is 30.8. The summed E-state index contributed by atoms with van der Waals surface area (Å²) in [5.41, 5.74) is 1.95. The van der Waals surface area contributed by atoms with Gasteiger partial charge in [0, 0.05) is 36.6 Å². The molecule has 1 saturated heterocycles. The molecule has 4 rings (SSSR count). The molecule has 0 bridgehead atoms. The van der Waals surface area contributed by atoms with Gasteiger partial charge in [0.2, 0.25) is 0 Å². The standard InChI is InChI=1S/C19H22F2N6O/c1-2-13-10-17(27-19(25-13)22-12-23-27)24-14-4-3-9-26(11-14)15-5-7-16(8-6-15)28-18(20)21/h5-8,10,12,14,18,24H,2-4,9,11H2,1H3. The number of halogens is 2. The maximum absolute atomic E-state index is 12.3. The van der Waals surface area contributed by atoms with Crippen molar-refractivity contribution in [3.05, 3.63) is 42.4 Å². The van der Waals surface area contributed by atoms with Crippen molar-refractivity contribution in [1.29, 1.82) is 0 Å². The topological polar surface area (TPSA) is 67.6 Å². The van der Waals surface area contributed by atoms with Crippen molar-refractivity contribution in [1.82, 2.24) is 19.6 Å². The highest BCUT2D eigenvalue weighted by molar-refractivity contribution is 5.51. The molecule has 1 unspecified atom stereocenters. The van der Waals surface area contributed by atoms with Crippen molar-refractivity contribution in [3.63, 3.8) is 0 Å². The summed E-state index contributed by atoms with van der Waals surface area (Å²) in [5, 5.41) is 7.84. The number of fused-ring (bicyclic) bond motifs is 1. The molecule has 7 nitrogen and oxygen atoms in total. The zero-order valence-electron chi connectivity index (χ0n) is 15.6. The Bertz CT molecular complexity index is 930. The number of aromatic nitrogens is 4. The van der Waals surface area contributed by atoms with Gasteiger partial charge >= 0.3 is 6.61 Å². The molecular weight excluding hydrogens is 366 g/mol. The maximum Gasteiger partial charge on any atom is 0.387 e. The van der Waals surface area contributed by atoms with Gasteiger partial charge in [-0.15, -0.1) is 0 Å². The number of hydrogen-bond acceptors (Lipinski definition) is 6. The summed E-state index contributed by atoms with van der Waals surface area (Å²) in [6.45, 7) is 0.969. The van der Waals surface area contributed by atoms with E-state index in [1.807, 2.05) is 18.2 Å². The van der Waals surface area contributed by atoms with E-state index in [0.717, 1.165) is 49.6 Å². The number of nitrogens with one attached hydrogen (secondary N) is 1. The molecule has 148 valence electrons. The van der Waals surface area contributed by atoms with E-state index in [1.54, 1.807) is 16.6 Å². The first kappa shape index (κ1) is 18.4. The molecule has 3 aromatic rings. The smallest absolute Gasteiger partial charge is 0.387 e. The summed E-state index contributed by atoms with van der Waals surface area (Å²) in [5.74, 6) is 1.64. The van der Waals surface area contributed by atoms with E-state index in [9.17, 15) is 8.78 Å². The second-order valence-electron chi connectivity index (χ2n) is 6.76. The summed E-state index contributed by atoms with van der Waals surface area (Å²) in [6, 6.07) is 9.03. The quantitative estimate of drug-likeness (QED) is 0.698. The Kier molecular flexibility index (Phi) is 5.23. The van der Waals surface area contributed by atoms with Crippen molar-refractivity contribution in [2.24, 2.45) is 0 Å². The molecule has 1 atom stereocenters. The summed E-state index contributed by atoms with van der Waals surface area (Å²) in [6.07, 6.45) is 4.38. The van der Waals surface area contributed by atoms with Crippen molar-refractivity contribution in [2.75, 3.05) is 23.3 Å². The molecule has 3 heterocycles. The van der Waals surface area contributed by atoms with Gasteiger partial charge in [-0.25, -0.2) is 4.98 Å². The van der Waals surface area contributed by atoms with Crippen molar-refractivity contribution < 1.29 is 13.5 Å². The number of ether oxygens (including phenoxy) is 1. The Labute approximate surface area is 161 Å². The van der Waals surface area contributed by atoms with Crippen LogP contribution in [0.15, 0.2) is 36.7 Å². The molecule has 1 N–H and O–H groups in total. The molecule has 1 fully saturated rings. The van der Waals surface area contributed by atoms with E-state index >= 15 is 0 Å². The third-order valence-corrected chi connectivity index (χ3v) is 4.87. The van der Waals surface area contributed by atoms with Gasteiger partial charge in [0.1, 0.15) is 17.9 Å². The van der Waals surface area contributed by atoms with Gasteiger partial charge in [-0.3, -0.25) is 0 Å². The van der Waals surface area contributed by atoms with Crippen molar-refractivity contribution in [3.8, 4) is 5.75 Å². The van der Waals surface area contributed by atoms with Crippen molar-refractivity contribution >= 4 is 17.3 Å². The number of alkyl halides is 2. The second kappa shape index (κ2) is 7.95. The SMILES string of the molecule is CCc1cc(NC2CCCN(c3ccc(OC(F)F)cc3)C2)n2ncnc2n1. The largest absolute Gasteiger partial charge is 0.435 e. The first-order valence-corrected chi connectivity index (χ1v) is 9.38. The molecule has 1 aliphatic rings. The van der Waals surface area contributed by atoms with Gasteiger partial charge in [0.25, 0.3) is 5.78 Å². The van der Waals surface area contributed by atoms with Crippen LogP contribution in [0.25, 0.3) is 5.78 Å². The van der Waals surface area contributed by atoms with Crippen LogP contribution >= 0.6 is 0 Å². The average molecular weight is 388 g/mol. The number of anilines is 2. The summed E-state index contributed by atoms with van der Waals surface area (Å²) in [4.78, 5) is 10.9. The third-order valence-electron chi connectivity index (χ3n) is 4.87. The third kappa shape index (κ3) is 3.97. The zero-order chi connectivity index (χ0) is 19.5. The number of benzene rings is 1. The molecule has 1 aromatic carbocycles. The lowest BCUT2D eigenvalue weighted by Crippen LogP contribution is -2.42. The van der Waals surface area contributed by atoms with Crippen LogP contribution in [-0.4, -0.2) is 45.3 Å². The molecule has 1 aliphatic heterocycles. The highest BCUT2D eigenvalue weighted by Gasteiger charge is 2.21. The number of rotatable bonds is 6. The van der Waals surface area contributed by atoms with Crippen LogP contribution < -0.4 is 15.0 Å². The molecule has 0 spiro atoms. The van der Waals surface area contributed by atoms with Gasteiger partial charge in [0.15, 0.2) is 0 Å². The highest BCUT2D eigenvalue weighted by atomic mass is 19.3. The van der Waals surface area contributed by atoms with E-state index in [2.05, 4.69) is 36.9 Å². The Balaban J connectivity index is 1.48. The number of aryl methyl sites for hydroxylation is 1. The fourth-order valence-corrected chi connectivity index (χ4v) is 3.52. The first-order chi connectivity index (χ1) is 13.6. The van der Waals surface area contributed by atoms with Gasteiger partial charge in [0.05, 0.1) is 0 Å². The fraction of sp³-hybridized carbons (Fsp3) is 0.421. The molecular formula is C19H22F2N6O. The number of hydrogen-bond donors (Lipinski definition) is 1. The second-order valence-corrected chi connectivity index (χ2v) is 6.76.